The molecular formula is C15H25N. The molecule has 90 valence electrons. The number of nitrogens with two attached hydrogens (primary N) is 1. The third-order valence-corrected chi connectivity index (χ3v) is 3.54. The van der Waals surface area contributed by atoms with Crippen molar-refractivity contribution in [1.29, 1.82) is 0 Å². The quantitative estimate of drug-likeness (QED) is 0.767. The molecule has 0 aliphatic rings. The van der Waals surface area contributed by atoms with Gasteiger partial charge in [-0.05, 0) is 48.8 Å². The average molecular weight is 219 g/mol. The van der Waals surface area contributed by atoms with E-state index in [9.17, 15) is 0 Å². The molecule has 1 rings (SSSR count). The van der Waals surface area contributed by atoms with E-state index in [2.05, 4.69) is 45.0 Å². The summed E-state index contributed by atoms with van der Waals surface area (Å²) in [6.45, 7) is 7.57. The van der Waals surface area contributed by atoms with Crippen LogP contribution in [0.5, 0.6) is 0 Å². The molecule has 0 saturated heterocycles. The molecule has 0 bridgehead atoms. The highest BCUT2D eigenvalue weighted by Crippen LogP contribution is 2.26. The molecule has 0 aliphatic heterocycles. The minimum absolute atomic E-state index is 0.583. The molecule has 1 unspecified atom stereocenters. The van der Waals surface area contributed by atoms with Crippen molar-refractivity contribution in [3.63, 3.8) is 0 Å². The normalized spacial score (nSPS) is 13.1. The van der Waals surface area contributed by atoms with Crippen LogP contribution in [0, 0.1) is 0 Å². The number of benzene rings is 1. The van der Waals surface area contributed by atoms with Crippen LogP contribution in [0.2, 0.25) is 0 Å². The lowest BCUT2D eigenvalue weighted by molar-refractivity contribution is 0.636. The summed E-state index contributed by atoms with van der Waals surface area (Å²) in [6.07, 6.45) is 3.53. The van der Waals surface area contributed by atoms with Crippen LogP contribution in [-0.2, 0) is 0 Å². The first kappa shape index (κ1) is 13.2. The van der Waals surface area contributed by atoms with E-state index in [-0.39, 0.29) is 0 Å². The fourth-order valence-corrected chi connectivity index (χ4v) is 2.30. The van der Waals surface area contributed by atoms with Crippen molar-refractivity contribution in [3.05, 3.63) is 35.4 Å². The van der Waals surface area contributed by atoms with Crippen molar-refractivity contribution >= 4 is 0 Å². The van der Waals surface area contributed by atoms with Gasteiger partial charge in [0.15, 0.2) is 0 Å². The molecule has 0 radical (unpaired) electrons. The van der Waals surface area contributed by atoms with Gasteiger partial charge in [0.1, 0.15) is 0 Å². The monoisotopic (exact) mass is 219 g/mol. The summed E-state index contributed by atoms with van der Waals surface area (Å²) < 4.78 is 0. The summed E-state index contributed by atoms with van der Waals surface area (Å²) in [7, 11) is 0. The third kappa shape index (κ3) is 3.34. The predicted molar refractivity (Wildman–Crippen MR) is 71.9 cm³/mol. The SMILES string of the molecule is CCC(CC)c1cccc(C(C)CCN)c1. The van der Waals surface area contributed by atoms with E-state index in [1.165, 1.54) is 24.0 Å². The Kier molecular flexibility index (Phi) is 5.54. The largest absolute Gasteiger partial charge is 0.330 e. The molecule has 16 heavy (non-hydrogen) atoms. The van der Waals surface area contributed by atoms with Crippen molar-refractivity contribution < 1.29 is 0 Å². The van der Waals surface area contributed by atoms with Crippen molar-refractivity contribution in [1.82, 2.24) is 0 Å². The van der Waals surface area contributed by atoms with Crippen molar-refractivity contribution in [3.8, 4) is 0 Å². The lowest BCUT2D eigenvalue weighted by Gasteiger charge is -2.16. The van der Waals surface area contributed by atoms with Gasteiger partial charge in [0.25, 0.3) is 0 Å². The van der Waals surface area contributed by atoms with E-state index >= 15 is 0 Å². The molecule has 0 aliphatic carbocycles. The van der Waals surface area contributed by atoms with Crippen molar-refractivity contribution in [2.24, 2.45) is 5.73 Å². The summed E-state index contributed by atoms with van der Waals surface area (Å²) in [6, 6.07) is 9.05. The van der Waals surface area contributed by atoms with Crippen LogP contribution < -0.4 is 5.73 Å². The molecule has 1 aromatic carbocycles. The standard InChI is InChI=1S/C15H25N/c1-4-13(5-2)15-8-6-7-14(11-15)12(3)9-10-16/h6-8,11-13H,4-5,9-10,16H2,1-3H3. The van der Waals surface area contributed by atoms with E-state index < -0.39 is 0 Å². The predicted octanol–water partition coefficient (Wildman–Crippen LogP) is 4.04. The zero-order chi connectivity index (χ0) is 12.0. The summed E-state index contributed by atoms with van der Waals surface area (Å²) >= 11 is 0. The van der Waals surface area contributed by atoms with Crippen molar-refractivity contribution in [2.75, 3.05) is 6.54 Å². The van der Waals surface area contributed by atoms with Crippen LogP contribution >= 0.6 is 0 Å². The lowest BCUT2D eigenvalue weighted by atomic mass is 9.89. The zero-order valence-corrected chi connectivity index (χ0v) is 10.9. The molecule has 1 atom stereocenters. The summed E-state index contributed by atoms with van der Waals surface area (Å²) in [4.78, 5) is 0. The third-order valence-electron chi connectivity index (χ3n) is 3.54. The Balaban J connectivity index is 2.85. The fraction of sp³-hybridized carbons (Fsp3) is 0.600. The molecule has 0 heterocycles. The van der Waals surface area contributed by atoms with Gasteiger partial charge < -0.3 is 5.73 Å². The van der Waals surface area contributed by atoms with Gasteiger partial charge in [-0.3, -0.25) is 0 Å². The van der Waals surface area contributed by atoms with Gasteiger partial charge in [-0.25, -0.2) is 0 Å². The maximum Gasteiger partial charge on any atom is -0.00715 e. The van der Waals surface area contributed by atoms with Crippen LogP contribution in [0.1, 0.15) is 63.0 Å². The van der Waals surface area contributed by atoms with Gasteiger partial charge in [-0.15, -0.1) is 0 Å². The van der Waals surface area contributed by atoms with Gasteiger partial charge in [0.2, 0.25) is 0 Å². The van der Waals surface area contributed by atoms with Gasteiger partial charge in [-0.1, -0.05) is 45.0 Å². The van der Waals surface area contributed by atoms with Crippen LogP contribution in [0.25, 0.3) is 0 Å². The summed E-state index contributed by atoms with van der Waals surface area (Å²) in [5, 5.41) is 0. The Morgan fingerprint density at radius 3 is 2.31 bits per heavy atom. The molecule has 0 amide bonds. The molecule has 0 spiro atoms. The minimum atomic E-state index is 0.583. The zero-order valence-electron chi connectivity index (χ0n) is 10.9. The Morgan fingerprint density at radius 2 is 1.75 bits per heavy atom. The fourth-order valence-electron chi connectivity index (χ4n) is 2.30. The Hall–Kier alpha value is -0.820. The van der Waals surface area contributed by atoms with Crippen LogP contribution in [0.15, 0.2) is 24.3 Å². The Bertz CT molecular complexity index is 302. The van der Waals surface area contributed by atoms with Crippen LogP contribution in [0.4, 0.5) is 0 Å². The van der Waals surface area contributed by atoms with E-state index in [0.717, 1.165) is 13.0 Å². The molecular weight excluding hydrogens is 194 g/mol. The molecule has 1 heteroatoms. The average Bonchev–Trinajstić information content (AvgIpc) is 2.31. The van der Waals surface area contributed by atoms with Crippen molar-refractivity contribution in [2.45, 2.75) is 51.9 Å². The summed E-state index contributed by atoms with van der Waals surface area (Å²) in [5.74, 6) is 1.30. The molecule has 1 aromatic rings. The first-order chi connectivity index (χ1) is 7.72. The summed E-state index contributed by atoms with van der Waals surface area (Å²) in [5.41, 5.74) is 8.55. The van der Waals surface area contributed by atoms with Gasteiger partial charge in [0, 0.05) is 0 Å². The van der Waals surface area contributed by atoms with E-state index in [0.29, 0.717) is 11.8 Å². The smallest absolute Gasteiger partial charge is 0.00715 e. The van der Waals surface area contributed by atoms with E-state index in [1.54, 1.807) is 0 Å². The molecule has 0 fully saturated rings. The number of rotatable bonds is 6. The second-order valence-corrected chi connectivity index (χ2v) is 4.66. The lowest BCUT2D eigenvalue weighted by Crippen LogP contribution is -2.05. The number of hydrogen-bond acceptors (Lipinski definition) is 1. The van der Waals surface area contributed by atoms with Gasteiger partial charge in [-0.2, -0.15) is 0 Å². The molecule has 0 aromatic heterocycles. The highest BCUT2D eigenvalue weighted by Gasteiger charge is 2.09. The second kappa shape index (κ2) is 6.70. The first-order valence-electron chi connectivity index (χ1n) is 6.52. The maximum absolute atomic E-state index is 5.62. The van der Waals surface area contributed by atoms with E-state index in [4.69, 9.17) is 5.73 Å². The van der Waals surface area contributed by atoms with Gasteiger partial charge in [0.05, 0.1) is 0 Å². The van der Waals surface area contributed by atoms with Crippen LogP contribution in [0.3, 0.4) is 0 Å². The molecule has 0 saturated carbocycles. The number of hydrogen-bond donors (Lipinski definition) is 1. The topological polar surface area (TPSA) is 26.0 Å². The van der Waals surface area contributed by atoms with Crippen LogP contribution in [-0.4, -0.2) is 6.54 Å². The Labute approximate surface area is 100 Å². The molecule has 2 N–H and O–H groups in total. The highest BCUT2D eigenvalue weighted by molar-refractivity contribution is 5.28. The minimum Gasteiger partial charge on any atom is -0.330 e. The highest BCUT2D eigenvalue weighted by atomic mass is 14.5. The Morgan fingerprint density at radius 1 is 1.12 bits per heavy atom. The molecule has 1 nitrogen and oxygen atoms in total. The van der Waals surface area contributed by atoms with Gasteiger partial charge >= 0.3 is 0 Å². The van der Waals surface area contributed by atoms with E-state index in [1.807, 2.05) is 0 Å². The maximum atomic E-state index is 5.62. The second-order valence-electron chi connectivity index (χ2n) is 4.66. The first-order valence-corrected chi connectivity index (χ1v) is 6.52.